The molecule has 0 radical (unpaired) electrons. The lowest BCUT2D eigenvalue weighted by molar-refractivity contribution is -0.274. The third-order valence-corrected chi connectivity index (χ3v) is 3.39. The average Bonchev–Trinajstić information content (AvgIpc) is 2.76. The lowest BCUT2D eigenvalue weighted by Gasteiger charge is -2.08. The summed E-state index contributed by atoms with van der Waals surface area (Å²) in [5, 5.41) is 0. The van der Waals surface area contributed by atoms with Crippen molar-refractivity contribution < 1.29 is 17.9 Å². The molecule has 0 bridgehead atoms. The van der Waals surface area contributed by atoms with E-state index in [2.05, 4.69) is 4.74 Å². The Bertz CT molecular complexity index is 519. The molecule has 2 nitrogen and oxygen atoms in total. The molecule has 0 aliphatic heterocycles. The maximum Gasteiger partial charge on any atom is 0.573 e. The second-order valence-corrected chi connectivity index (χ2v) is 4.71. The third kappa shape index (κ3) is 3.24. The Morgan fingerprint density at radius 2 is 1.72 bits per heavy atom. The predicted octanol–water partition coefficient (Wildman–Crippen LogP) is 3.77. The Morgan fingerprint density at radius 1 is 1.06 bits per heavy atom. The van der Waals surface area contributed by atoms with Gasteiger partial charge in [0.05, 0.1) is 0 Å². The maximum absolute atomic E-state index is 12.0. The molecule has 2 aromatic rings. The van der Waals surface area contributed by atoms with E-state index in [4.69, 9.17) is 5.73 Å². The highest BCUT2D eigenvalue weighted by molar-refractivity contribution is 7.15. The monoisotopic (exact) mass is 273 g/mol. The fourth-order valence-corrected chi connectivity index (χ4v) is 2.36. The number of hydrogen-bond donors (Lipinski definition) is 1. The highest BCUT2D eigenvalue weighted by atomic mass is 32.1. The van der Waals surface area contributed by atoms with Crippen molar-refractivity contribution in [2.45, 2.75) is 12.9 Å². The van der Waals surface area contributed by atoms with Crippen LogP contribution in [0.1, 0.15) is 4.88 Å². The van der Waals surface area contributed by atoms with Crippen LogP contribution in [0.4, 0.5) is 13.2 Å². The van der Waals surface area contributed by atoms with E-state index in [1.807, 2.05) is 12.1 Å². The van der Waals surface area contributed by atoms with Gasteiger partial charge in [-0.1, -0.05) is 0 Å². The van der Waals surface area contributed by atoms with Crippen LogP contribution in [0.5, 0.6) is 5.75 Å². The zero-order valence-corrected chi connectivity index (χ0v) is 10.0. The van der Waals surface area contributed by atoms with Crippen molar-refractivity contribution >= 4 is 11.3 Å². The SMILES string of the molecule is NCc1ccc(-c2ccc(OC(F)(F)F)cc2)s1. The molecule has 18 heavy (non-hydrogen) atoms. The van der Waals surface area contributed by atoms with E-state index in [1.165, 1.54) is 23.5 Å². The van der Waals surface area contributed by atoms with Crippen LogP contribution in [-0.2, 0) is 6.54 Å². The van der Waals surface area contributed by atoms with Crippen LogP contribution in [0.25, 0.3) is 10.4 Å². The summed E-state index contributed by atoms with van der Waals surface area (Å²) in [7, 11) is 0. The van der Waals surface area contributed by atoms with Crippen LogP contribution in [0.3, 0.4) is 0 Å². The molecular formula is C12H10F3NOS. The van der Waals surface area contributed by atoms with Crippen molar-refractivity contribution in [1.29, 1.82) is 0 Å². The Morgan fingerprint density at radius 3 is 2.22 bits per heavy atom. The zero-order chi connectivity index (χ0) is 13.2. The molecule has 0 saturated carbocycles. The number of benzene rings is 1. The molecule has 1 aromatic heterocycles. The number of halogens is 3. The smallest absolute Gasteiger partial charge is 0.406 e. The number of ether oxygens (including phenoxy) is 1. The number of thiophene rings is 1. The number of hydrogen-bond acceptors (Lipinski definition) is 3. The van der Waals surface area contributed by atoms with Crippen LogP contribution < -0.4 is 10.5 Å². The number of nitrogens with two attached hydrogens (primary N) is 1. The Balaban J connectivity index is 2.17. The molecule has 0 aliphatic rings. The Hall–Kier alpha value is -1.53. The molecule has 2 N–H and O–H groups in total. The molecule has 0 amide bonds. The summed E-state index contributed by atoms with van der Waals surface area (Å²) in [6.45, 7) is 0.458. The van der Waals surface area contributed by atoms with Gasteiger partial charge in [-0.05, 0) is 42.0 Å². The molecular weight excluding hydrogens is 263 g/mol. The van der Waals surface area contributed by atoms with Gasteiger partial charge in [-0.25, -0.2) is 0 Å². The molecule has 0 saturated heterocycles. The minimum Gasteiger partial charge on any atom is -0.406 e. The van der Waals surface area contributed by atoms with Gasteiger partial charge in [0.25, 0.3) is 0 Å². The van der Waals surface area contributed by atoms with Gasteiger partial charge in [-0.15, -0.1) is 24.5 Å². The fourth-order valence-electron chi connectivity index (χ4n) is 1.46. The molecule has 96 valence electrons. The molecule has 0 unspecified atom stereocenters. The van der Waals surface area contributed by atoms with Crippen molar-refractivity contribution in [2.24, 2.45) is 5.73 Å². The zero-order valence-electron chi connectivity index (χ0n) is 9.20. The second kappa shape index (κ2) is 4.99. The predicted molar refractivity (Wildman–Crippen MR) is 64.3 cm³/mol. The highest BCUT2D eigenvalue weighted by Crippen LogP contribution is 2.30. The van der Waals surface area contributed by atoms with Crippen molar-refractivity contribution in [3.63, 3.8) is 0 Å². The van der Waals surface area contributed by atoms with Crippen molar-refractivity contribution in [3.8, 4) is 16.2 Å². The van der Waals surface area contributed by atoms with Crippen LogP contribution in [0.2, 0.25) is 0 Å². The van der Waals surface area contributed by atoms with Gasteiger partial charge in [0.2, 0.25) is 0 Å². The van der Waals surface area contributed by atoms with Crippen LogP contribution in [0, 0.1) is 0 Å². The van der Waals surface area contributed by atoms with Gasteiger partial charge in [-0.3, -0.25) is 0 Å². The minimum absolute atomic E-state index is 0.221. The molecule has 0 atom stereocenters. The summed E-state index contributed by atoms with van der Waals surface area (Å²) in [6.07, 6.45) is -4.66. The maximum atomic E-state index is 12.0. The molecule has 0 aliphatic carbocycles. The summed E-state index contributed by atoms with van der Waals surface area (Å²) < 4.78 is 39.7. The van der Waals surface area contributed by atoms with Gasteiger partial charge in [0, 0.05) is 16.3 Å². The lowest BCUT2D eigenvalue weighted by atomic mass is 10.2. The van der Waals surface area contributed by atoms with Crippen LogP contribution in [0.15, 0.2) is 36.4 Å². The van der Waals surface area contributed by atoms with E-state index in [0.29, 0.717) is 6.54 Å². The first kappa shape index (κ1) is 12.9. The van der Waals surface area contributed by atoms with Crippen molar-refractivity contribution in [2.75, 3.05) is 0 Å². The molecule has 2 rings (SSSR count). The van der Waals surface area contributed by atoms with Gasteiger partial charge in [-0.2, -0.15) is 0 Å². The first-order valence-corrected chi connectivity index (χ1v) is 5.94. The standard InChI is InChI=1S/C12H10F3NOS/c13-12(14,15)17-9-3-1-8(2-4-9)11-6-5-10(7-16)18-11/h1-6H,7,16H2. The van der Waals surface area contributed by atoms with E-state index in [9.17, 15) is 13.2 Å². The quantitative estimate of drug-likeness (QED) is 0.923. The highest BCUT2D eigenvalue weighted by Gasteiger charge is 2.30. The van der Waals surface area contributed by atoms with E-state index in [1.54, 1.807) is 12.1 Å². The normalized spacial score (nSPS) is 11.6. The van der Waals surface area contributed by atoms with Crippen molar-refractivity contribution in [1.82, 2.24) is 0 Å². The molecule has 0 spiro atoms. The van der Waals surface area contributed by atoms with Gasteiger partial charge < -0.3 is 10.5 Å². The molecule has 6 heteroatoms. The van der Waals surface area contributed by atoms with E-state index >= 15 is 0 Å². The average molecular weight is 273 g/mol. The van der Waals surface area contributed by atoms with E-state index < -0.39 is 6.36 Å². The third-order valence-electron chi connectivity index (χ3n) is 2.24. The summed E-state index contributed by atoms with van der Waals surface area (Å²) >= 11 is 1.52. The van der Waals surface area contributed by atoms with Gasteiger partial charge >= 0.3 is 6.36 Å². The first-order valence-electron chi connectivity index (χ1n) is 5.13. The van der Waals surface area contributed by atoms with Crippen LogP contribution in [-0.4, -0.2) is 6.36 Å². The summed E-state index contributed by atoms with van der Waals surface area (Å²) in [5.41, 5.74) is 6.34. The second-order valence-electron chi connectivity index (χ2n) is 3.54. The molecule has 1 aromatic carbocycles. The summed E-state index contributed by atoms with van der Waals surface area (Å²) in [4.78, 5) is 2.00. The van der Waals surface area contributed by atoms with E-state index in [-0.39, 0.29) is 5.75 Å². The van der Waals surface area contributed by atoms with Crippen molar-refractivity contribution in [3.05, 3.63) is 41.3 Å². The van der Waals surface area contributed by atoms with Gasteiger partial charge in [0.15, 0.2) is 0 Å². The molecule has 0 fully saturated rings. The Labute approximate surface area is 106 Å². The topological polar surface area (TPSA) is 35.2 Å². The Kier molecular flexibility index (Phi) is 3.58. The molecule has 1 heterocycles. The number of rotatable bonds is 3. The minimum atomic E-state index is -4.66. The number of alkyl halides is 3. The first-order chi connectivity index (χ1) is 8.48. The lowest BCUT2D eigenvalue weighted by Crippen LogP contribution is -2.16. The van der Waals surface area contributed by atoms with Gasteiger partial charge in [0.1, 0.15) is 5.75 Å². The van der Waals surface area contributed by atoms with Crippen LogP contribution >= 0.6 is 11.3 Å². The largest absolute Gasteiger partial charge is 0.573 e. The summed E-state index contributed by atoms with van der Waals surface area (Å²) in [6, 6.07) is 9.57. The fraction of sp³-hybridized carbons (Fsp3) is 0.167. The summed E-state index contributed by atoms with van der Waals surface area (Å²) in [5.74, 6) is -0.221. The van der Waals surface area contributed by atoms with E-state index in [0.717, 1.165) is 15.3 Å².